The van der Waals surface area contributed by atoms with Gasteiger partial charge in [-0.15, -0.1) is 5.06 Å². The number of Topliss-reactive ketones (excluding diaryl/α,β-unsaturated/α-hetero) is 1. The summed E-state index contributed by atoms with van der Waals surface area (Å²) in [5.41, 5.74) is 1.63. The van der Waals surface area contributed by atoms with Crippen molar-refractivity contribution < 1.29 is 24.3 Å². The Morgan fingerprint density at radius 3 is 2.48 bits per heavy atom. The van der Waals surface area contributed by atoms with E-state index < -0.39 is 17.7 Å². The van der Waals surface area contributed by atoms with Crippen LogP contribution in [0, 0.1) is 13.8 Å². The predicted octanol–water partition coefficient (Wildman–Crippen LogP) is 2.18. The number of ketones is 1. The topological polar surface area (TPSA) is 71.5 Å². The summed E-state index contributed by atoms with van der Waals surface area (Å²) in [7, 11) is 3.12. The molecule has 150 valence electrons. The Morgan fingerprint density at radius 2 is 1.89 bits per heavy atom. The Labute approximate surface area is 164 Å². The quantitative estimate of drug-likeness (QED) is 0.762. The number of aliphatic hydroxyl groups is 1. The summed E-state index contributed by atoms with van der Waals surface area (Å²) in [6.45, 7) is 4.91. The Balaban J connectivity index is 2.00. The van der Waals surface area contributed by atoms with Crippen molar-refractivity contribution in [2.45, 2.75) is 44.4 Å². The van der Waals surface area contributed by atoms with E-state index in [1.165, 1.54) is 12.2 Å². The zero-order chi connectivity index (χ0) is 19.8. The standard InChI is InChI=1S/C19H27ClN2O5/c1-12-10-15(20)13(2)9-14(12)16-17(23)19(5-7-21(26-4)8-6-19)22(18(16)24)27-11-25-3/h9-10,16,18,24H,5-8,11H2,1-4H3. The van der Waals surface area contributed by atoms with E-state index in [4.69, 9.17) is 26.0 Å². The number of carbonyl (C=O) groups excluding carboxylic acids is 1. The van der Waals surface area contributed by atoms with E-state index in [1.807, 2.05) is 31.0 Å². The van der Waals surface area contributed by atoms with Crippen LogP contribution in [0.25, 0.3) is 0 Å². The fraction of sp³-hybridized carbons (Fsp3) is 0.632. The largest absolute Gasteiger partial charge is 0.375 e. The highest BCUT2D eigenvalue weighted by atomic mass is 35.5. The number of ether oxygens (including phenoxy) is 1. The van der Waals surface area contributed by atoms with Crippen molar-refractivity contribution in [3.63, 3.8) is 0 Å². The predicted molar refractivity (Wildman–Crippen MR) is 100 cm³/mol. The molecule has 27 heavy (non-hydrogen) atoms. The Morgan fingerprint density at radius 1 is 1.22 bits per heavy atom. The number of aliphatic hydroxyl groups excluding tert-OH is 1. The van der Waals surface area contributed by atoms with E-state index in [1.54, 1.807) is 7.11 Å². The van der Waals surface area contributed by atoms with E-state index in [0.29, 0.717) is 31.0 Å². The van der Waals surface area contributed by atoms with Gasteiger partial charge in [-0.3, -0.25) is 9.63 Å². The van der Waals surface area contributed by atoms with Crippen molar-refractivity contribution in [3.8, 4) is 0 Å². The third-order valence-electron chi connectivity index (χ3n) is 5.70. The molecule has 0 amide bonds. The van der Waals surface area contributed by atoms with Crippen LogP contribution in [0.1, 0.15) is 35.4 Å². The first-order valence-electron chi connectivity index (χ1n) is 9.05. The second-order valence-corrected chi connectivity index (χ2v) is 7.63. The number of benzene rings is 1. The first-order chi connectivity index (χ1) is 12.9. The van der Waals surface area contributed by atoms with Gasteiger partial charge in [0, 0.05) is 25.2 Å². The molecule has 2 saturated heterocycles. The van der Waals surface area contributed by atoms with Crippen LogP contribution in [-0.2, 0) is 19.2 Å². The molecule has 7 nitrogen and oxygen atoms in total. The first kappa shape index (κ1) is 20.7. The Bertz CT molecular complexity index is 706. The van der Waals surface area contributed by atoms with Crippen LogP contribution in [0.2, 0.25) is 5.02 Å². The van der Waals surface area contributed by atoms with Crippen molar-refractivity contribution in [3.05, 3.63) is 33.8 Å². The number of piperidine rings is 1. The second kappa shape index (κ2) is 8.13. The number of carbonyl (C=O) groups is 1. The summed E-state index contributed by atoms with van der Waals surface area (Å²) in [6.07, 6.45) is -0.0912. The molecule has 0 aliphatic carbocycles. The number of hydrogen-bond acceptors (Lipinski definition) is 7. The molecule has 0 saturated carbocycles. The molecule has 2 unspecified atom stereocenters. The van der Waals surface area contributed by atoms with Crippen LogP contribution >= 0.6 is 11.6 Å². The minimum Gasteiger partial charge on any atom is -0.375 e. The van der Waals surface area contributed by atoms with Crippen molar-refractivity contribution in [2.24, 2.45) is 0 Å². The summed E-state index contributed by atoms with van der Waals surface area (Å²) in [5.74, 6) is -0.737. The van der Waals surface area contributed by atoms with Gasteiger partial charge in [0.1, 0.15) is 11.8 Å². The highest BCUT2D eigenvalue weighted by Crippen LogP contribution is 2.46. The summed E-state index contributed by atoms with van der Waals surface area (Å²) in [5, 5.41) is 15.0. The van der Waals surface area contributed by atoms with Crippen LogP contribution in [0.4, 0.5) is 0 Å². The Hall–Kier alpha value is -1.06. The van der Waals surface area contributed by atoms with E-state index in [9.17, 15) is 9.90 Å². The second-order valence-electron chi connectivity index (χ2n) is 7.22. The third-order valence-corrected chi connectivity index (χ3v) is 6.11. The minimum atomic E-state index is -1.10. The third kappa shape index (κ3) is 3.53. The lowest BCUT2D eigenvalue weighted by Gasteiger charge is -2.42. The zero-order valence-corrected chi connectivity index (χ0v) is 17.0. The molecule has 1 aromatic rings. The van der Waals surface area contributed by atoms with Gasteiger partial charge in [0.15, 0.2) is 12.6 Å². The molecular weight excluding hydrogens is 372 g/mol. The van der Waals surface area contributed by atoms with Gasteiger partial charge in [0.05, 0.1) is 13.0 Å². The van der Waals surface area contributed by atoms with Crippen LogP contribution in [0.15, 0.2) is 12.1 Å². The van der Waals surface area contributed by atoms with Crippen molar-refractivity contribution in [2.75, 3.05) is 34.1 Å². The fourth-order valence-electron chi connectivity index (χ4n) is 4.18. The average molecular weight is 399 g/mol. The number of nitrogens with zero attached hydrogens (tertiary/aromatic N) is 2. The summed E-state index contributed by atoms with van der Waals surface area (Å²) >= 11 is 6.22. The van der Waals surface area contributed by atoms with Gasteiger partial charge in [-0.05, 0) is 49.4 Å². The van der Waals surface area contributed by atoms with Crippen LogP contribution < -0.4 is 0 Å². The lowest BCUT2D eigenvalue weighted by molar-refractivity contribution is -0.309. The highest BCUT2D eigenvalue weighted by Gasteiger charge is 2.60. The summed E-state index contributed by atoms with van der Waals surface area (Å²) < 4.78 is 5.02. The summed E-state index contributed by atoms with van der Waals surface area (Å²) in [4.78, 5) is 24.6. The molecule has 2 atom stereocenters. The first-order valence-corrected chi connectivity index (χ1v) is 9.43. The fourth-order valence-corrected chi connectivity index (χ4v) is 4.40. The van der Waals surface area contributed by atoms with Crippen LogP contribution in [0.3, 0.4) is 0 Å². The van der Waals surface area contributed by atoms with Gasteiger partial charge in [-0.2, -0.15) is 5.06 Å². The average Bonchev–Trinajstić information content (AvgIpc) is 2.84. The van der Waals surface area contributed by atoms with Gasteiger partial charge in [-0.25, -0.2) is 0 Å². The Kier molecular flexibility index (Phi) is 6.22. The van der Waals surface area contributed by atoms with Gasteiger partial charge in [0.2, 0.25) is 0 Å². The zero-order valence-electron chi connectivity index (χ0n) is 16.2. The number of hydrogen-bond donors (Lipinski definition) is 1. The van der Waals surface area contributed by atoms with Crippen molar-refractivity contribution >= 4 is 17.4 Å². The maximum atomic E-state index is 13.6. The number of methoxy groups -OCH3 is 1. The maximum absolute atomic E-state index is 13.6. The van der Waals surface area contributed by atoms with Crippen molar-refractivity contribution in [1.29, 1.82) is 0 Å². The molecule has 0 aromatic heterocycles. The molecule has 0 bridgehead atoms. The lowest BCUT2D eigenvalue weighted by atomic mass is 9.79. The molecule has 2 fully saturated rings. The summed E-state index contributed by atoms with van der Waals surface area (Å²) in [6, 6.07) is 3.73. The SMILES string of the molecule is COCON1C(O)C(c2cc(C)c(Cl)cc2C)C(=O)C12CCN(OC)CC2. The molecule has 1 aromatic carbocycles. The molecule has 3 rings (SSSR count). The van der Waals surface area contributed by atoms with Gasteiger partial charge < -0.3 is 14.7 Å². The van der Waals surface area contributed by atoms with E-state index in [2.05, 4.69) is 0 Å². The number of halogens is 1. The van der Waals surface area contributed by atoms with E-state index in [-0.39, 0.29) is 12.6 Å². The molecule has 2 aliphatic rings. The monoisotopic (exact) mass is 398 g/mol. The van der Waals surface area contributed by atoms with Crippen LogP contribution in [0.5, 0.6) is 0 Å². The van der Waals surface area contributed by atoms with Gasteiger partial charge in [0.25, 0.3) is 0 Å². The van der Waals surface area contributed by atoms with Gasteiger partial charge in [-0.1, -0.05) is 17.7 Å². The van der Waals surface area contributed by atoms with Gasteiger partial charge >= 0.3 is 0 Å². The molecule has 1 spiro atoms. The number of rotatable bonds is 5. The molecule has 1 N–H and O–H groups in total. The minimum absolute atomic E-state index is 0.0355. The van der Waals surface area contributed by atoms with E-state index >= 15 is 0 Å². The maximum Gasteiger partial charge on any atom is 0.167 e. The van der Waals surface area contributed by atoms with Crippen LogP contribution in [-0.4, -0.2) is 66.9 Å². The molecule has 2 heterocycles. The van der Waals surface area contributed by atoms with E-state index in [0.717, 1.165) is 16.7 Å². The molecule has 8 heteroatoms. The number of hydroxylamine groups is 4. The van der Waals surface area contributed by atoms with Crippen molar-refractivity contribution in [1.82, 2.24) is 10.1 Å². The molecular formula is C19H27ClN2O5. The smallest absolute Gasteiger partial charge is 0.167 e. The molecule has 0 radical (unpaired) electrons. The highest BCUT2D eigenvalue weighted by molar-refractivity contribution is 6.31. The lowest BCUT2D eigenvalue weighted by Crippen LogP contribution is -2.56. The molecule has 2 aliphatic heterocycles. The number of aryl methyl sites for hydroxylation is 2. The normalized spacial score (nSPS) is 26.2.